The van der Waals surface area contributed by atoms with Crippen LogP contribution in [0.25, 0.3) is 0 Å². The van der Waals surface area contributed by atoms with Crippen molar-refractivity contribution in [3.05, 3.63) is 57.1 Å². The lowest BCUT2D eigenvalue weighted by atomic mass is 9.93. The highest BCUT2D eigenvalue weighted by atomic mass is 16.5. The Balaban J connectivity index is 2.23. The average molecular weight is 441 g/mol. The molecule has 0 bridgehead atoms. The van der Waals surface area contributed by atoms with Crippen LogP contribution < -0.4 is 9.47 Å². The molecule has 2 aromatic carbocycles. The van der Waals surface area contributed by atoms with Crippen molar-refractivity contribution >= 4 is 5.97 Å². The van der Waals surface area contributed by atoms with Gasteiger partial charge in [-0.05, 0) is 94.2 Å². The molecule has 0 atom stereocenters. The lowest BCUT2D eigenvalue weighted by Gasteiger charge is -2.23. The van der Waals surface area contributed by atoms with Gasteiger partial charge in [-0.2, -0.15) is 0 Å². The van der Waals surface area contributed by atoms with E-state index in [0.29, 0.717) is 11.3 Å². The van der Waals surface area contributed by atoms with Crippen LogP contribution in [-0.2, 0) is 6.42 Å². The first-order valence-electron chi connectivity index (χ1n) is 11.7. The second kappa shape index (κ2) is 11.0. The smallest absolute Gasteiger partial charge is 0.343 e. The zero-order valence-electron chi connectivity index (χ0n) is 21.6. The van der Waals surface area contributed by atoms with E-state index < -0.39 is 0 Å². The van der Waals surface area contributed by atoms with Gasteiger partial charge in [0, 0.05) is 0 Å². The van der Waals surface area contributed by atoms with Crippen molar-refractivity contribution in [1.82, 2.24) is 0 Å². The zero-order valence-corrected chi connectivity index (χ0v) is 21.6. The van der Waals surface area contributed by atoms with E-state index in [1.807, 2.05) is 26.8 Å². The van der Waals surface area contributed by atoms with E-state index in [0.717, 1.165) is 57.3 Å². The van der Waals surface area contributed by atoms with Crippen molar-refractivity contribution in [1.29, 1.82) is 0 Å². The maximum atomic E-state index is 13.3. The van der Waals surface area contributed by atoms with Crippen LogP contribution >= 0.6 is 0 Å². The topological polar surface area (TPSA) is 35.5 Å². The zero-order chi connectivity index (χ0) is 24.1. The molecule has 2 rings (SSSR count). The Bertz CT molecular complexity index is 931. The van der Waals surface area contributed by atoms with Gasteiger partial charge in [0.1, 0.15) is 11.5 Å². The Hall–Kier alpha value is -2.33. The summed E-state index contributed by atoms with van der Waals surface area (Å²) < 4.78 is 12.6. The molecule has 32 heavy (non-hydrogen) atoms. The second-order valence-corrected chi connectivity index (χ2v) is 10.2. The molecule has 0 aliphatic heterocycles. The average Bonchev–Trinajstić information content (AvgIpc) is 2.67. The van der Waals surface area contributed by atoms with Gasteiger partial charge in [0.2, 0.25) is 0 Å². The molecule has 0 unspecified atom stereocenters. The standard InChI is InChI=1S/C28H42NO3/c1-19-16-20(2)26(21(3)17-19)32-28(30)25-18-22(4)27(31-9)23(5)24(25)14-12-10-11-13-15-29(6,7)8/h16-18H,10-15H2,1-9H3/q+1. The van der Waals surface area contributed by atoms with Crippen LogP contribution in [0.5, 0.6) is 11.5 Å². The van der Waals surface area contributed by atoms with E-state index in [2.05, 4.69) is 47.1 Å². The molecular formula is C28H42NO3+. The number of ether oxygens (including phenoxy) is 2. The summed E-state index contributed by atoms with van der Waals surface area (Å²) in [5.41, 5.74) is 6.84. The first kappa shape index (κ1) is 25.9. The third-order valence-electron chi connectivity index (χ3n) is 6.07. The van der Waals surface area contributed by atoms with Crippen LogP contribution in [0.3, 0.4) is 0 Å². The summed E-state index contributed by atoms with van der Waals surface area (Å²) >= 11 is 0. The lowest BCUT2D eigenvalue weighted by Crippen LogP contribution is -2.35. The molecule has 0 aromatic heterocycles. The van der Waals surface area contributed by atoms with E-state index in [4.69, 9.17) is 9.47 Å². The van der Waals surface area contributed by atoms with Gasteiger partial charge in [-0.25, -0.2) is 4.79 Å². The summed E-state index contributed by atoms with van der Waals surface area (Å²) in [7, 11) is 8.40. The Morgan fingerprint density at radius 2 is 1.38 bits per heavy atom. The Morgan fingerprint density at radius 3 is 1.94 bits per heavy atom. The highest BCUT2D eigenvalue weighted by Gasteiger charge is 2.21. The summed E-state index contributed by atoms with van der Waals surface area (Å²) in [5.74, 6) is 1.25. The normalized spacial score (nSPS) is 11.5. The molecule has 176 valence electrons. The lowest BCUT2D eigenvalue weighted by molar-refractivity contribution is -0.870. The summed E-state index contributed by atoms with van der Waals surface area (Å²) in [6, 6.07) is 6.04. The van der Waals surface area contributed by atoms with Gasteiger partial charge in [0.25, 0.3) is 0 Å². The minimum Gasteiger partial charge on any atom is -0.496 e. The fourth-order valence-corrected chi connectivity index (χ4v) is 4.54. The van der Waals surface area contributed by atoms with Gasteiger partial charge in [-0.1, -0.05) is 24.1 Å². The van der Waals surface area contributed by atoms with Crippen LogP contribution in [0.2, 0.25) is 0 Å². The number of hydrogen-bond acceptors (Lipinski definition) is 3. The number of aryl methyl sites for hydroxylation is 4. The van der Waals surface area contributed by atoms with Crippen LogP contribution in [0.1, 0.15) is 69.4 Å². The number of rotatable bonds is 10. The number of carbonyl (C=O) groups excluding carboxylic acids is 1. The molecule has 0 amide bonds. The van der Waals surface area contributed by atoms with Gasteiger partial charge in [0.15, 0.2) is 0 Å². The minimum atomic E-state index is -0.283. The molecule has 0 spiro atoms. The number of esters is 1. The molecular weight excluding hydrogens is 398 g/mol. The van der Waals surface area contributed by atoms with Crippen molar-refractivity contribution < 1.29 is 18.8 Å². The Kier molecular flexibility index (Phi) is 8.91. The van der Waals surface area contributed by atoms with Crippen LogP contribution in [0, 0.1) is 34.6 Å². The van der Waals surface area contributed by atoms with Crippen molar-refractivity contribution in [3.8, 4) is 11.5 Å². The third-order valence-corrected chi connectivity index (χ3v) is 6.07. The number of quaternary nitrogens is 1. The number of carbonyl (C=O) groups is 1. The van der Waals surface area contributed by atoms with E-state index in [9.17, 15) is 4.79 Å². The minimum absolute atomic E-state index is 0.283. The van der Waals surface area contributed by atoms with Crippen molar-refractivity contribution in [3.63, 3.8) is 0 Å². The molecule has 0 saturated carbocycles. The maximum Gasteiger partial charge on any atom is 0.343 e. The van der Waals surface area contributed by atoms with E-state index in [1.165, 1.54) is 24.9 Å². The number of methoxy groups -OCH3 is 1. The molecule has 4 nitrogen and oxygen atoms in total. The molecule has 0 fully saturated rings. The van der Waals surface area contributed by atoms with Gasteiger partial charge < -0.3 is 14.0 Å². The molecule has 0 radical (unpaired) electrons. The highest BCUT2D eigenvalue weighted by molar-refractivity contribution is 5.94. The summed E-state index contributed by atoms with van der Waals surface area (Å²) in [4.78, 5) is 13.3. The molecule has 0 saturated heterocycles. The van der Waals surface area contributed by atoms with Crippen molar-refractivity contribution in [2.45, 2.75) is 66.7 Å². The van der Waals surface area contributed by atoms with E-state index in [-0.39, 0.29) is 5.97 Å². The Labute approximate surface area is 195 Å². The molecule has 0 heterocycles. The maximum absolute atomic E-state index is 13.3. The van der Waals surface area contributed by atoms with Gasteiger partial charge in [0.05, 0.1) is 40.4 Å². The van der Waals surface area contributed by atoms with E-state index >= 15 is 0 Å². The molecule has 0 aliphatic carbocycles. The third kappa shape index (κ3) is 6.83. The van der Waals surface area contributed by atoms with Crippen LogP contribution in [0.15, 0.2) is 18.2 Å². The molecule has 2 aromatic rings. The first-order chi connectivity index (χ1) is 14.9. The largest absolute Gasteiger partial charge is 0.496 e. The number of unbranched alkanes of at least 4 members (excludes halogenated alkanes) is 3. The monoisotopic (exact) mass is 440 g/mol. The molecule has 4 heteroatoms. The molecule has 0 aliphatic rings. The summed E-state index contributed by atoms with van der Waals surface area (Å²) in [6.07, 6.45) is 5.48. The highest BCUT2D eigenvalue weighted by Crippen LogP contribution is 2.32. The first-order valence-corrected chi connectivity index (χ1v) is 11.7. The van der Waals surface area contributed by atoms with Crippen LogP contribution in [0.4, 0.5) is 0 Å². The van der Waals surface area contributed by atoms with Gasteiger partial charge >= 0.3 is 5.97 Å². The predicted molar refractivity (Wildman–Crippen MR) is 133 cm³/mol. The predicted octanol–water partition coefficient (Wildman–Crippen LogP) is 6.27. The number of nitrogens with zero attached hydrogens (tertiary/aromatic N) is 1. The van der Waals surface area contributed by atoms with Crippen LogP contribution in [-0.4, -0.2) is 45.2 Å². The van der Waals surface area contributed by atoms with Gasteiger partial charge in [-0.3, -0.25) is 0 Å². The fraction of sp³-hybridized carbons (Fsp3) is 0.536. The number of hydrogen-bond donors (Lipinski definition) is 0. The Morgan fingerprint density at radius 1 is 0.812 bits per heavy atom. The second-order valence-electron chi connectivity index (χ2n) is 10.2. The molecule has 0 N–H and O–H groups in total. The van der Waals surface area contributed by atoms with Gasteiger partial charge in [-0.15, -0.1) is 0 Å². The number of benzene rings is 2. The summed E-state index contributed by atoms with van der Waals surface area (Å²) in [6.45, 7) is 11.3. The van der Waals surface area contributed by atoms with E-state index in [1.54, 1.807) is 7.11 Å². The quantitative estimate of drug-likeness (QED) is 0.189. The van der Waals surface area contributed by atoms with Crippen molar-refractivity contribution in [2.24, 2.45) is 0 Å². The fourth-order valence-electron chi connectivity index (χ4n) is 4.54. The summed E-state index contributed by atoms with van der Waals surface area (Å²) in [5, 5.41) is 0. The SMILES string of the molecule is COc1c(C)cc(C(=O)Oc2c(C)cc(C)cc2C)c(CCCCCC[N+](C)(C)C)c1C. The van der Waals surface area contributed by atoms with Crippen molar-refractivity contribution in [2.75, 3.05) is 34.8 Å².